The van der Waals surface area contributed by atoms with Crippen molar-refractivity contribution in [1.29, 1.82) is 5.26 Å². The van der Waals surface area contributed by atoms with Crippen molar-refractivity contribution in [2.75, 3.05) is 20.2 Å². The Morgan fingerprint density at radius 3 is 2.65 bits per heavy atom. The van der Waals surface area contributed by atoms with Gasteiger partial charge in [-0.05, 0) is 75.3 Å². The molecule has 0 spiro atoms. The standard InChI is InChI=1S/C39H38Cl3FN6O3/c1-39(2,51)27-12-11-20(17-46-27)33-29-31(42)37(26-10-6-14-48(26)38(50)52-3)49(35-21-16-25(35)45-18-21)36(29)23-15-19(7-5-13-44)28(32(43)34(23)47-33)22-8-4-9-24(40)30(22)41/h4,8-9,11-12,15,17,21,25-26,35,38,45,50-51H,5-7,10,14,16,18H2,1-3H3/t21-,25-,26-,35+,38?/m1/s1. The van der Waals surface area contributed by atoms with Crippen molar-refractivity contribution in [3.63, 3.8) is 0 Å². The van der Waals surface area contributed by atoms with Gasteiger partial charge >= 0.3 is 0 Å². The zero-order valence-electron chi connectivity index (χ0n) is 28.9. The van der Waals surface area contributed by atoms with Crippen LogP contribution in [-0.2, 0) is 16.8 Å². The van der Waals surface area contributed by atoms with Crippen LogP contribution in [0.15, 0.2) is 42.6 Å². The lowest BCUT2D eigenvalue weighted by atomic mass is 9.79. The molecule has 4 aliphatic rings. The average Bonchev–Trinajstić information content (AvgIpc) is 3.93. The third-order valence-corrected chi connectivity index (χ3v) is 12.3. The molecule has 3 aliphatic heterocycles. The number of rotatable bonds is 9. The lowest BCUT2D eigenvalue weighted by molar-refractivity contribution is -0.182. The largest absolute Gasteiger partial charge is 0.384 e. The summed E-state index contributed by atoms with van der Waals surface area (Å²) in [6.07, 6.45) is 3.47. The molecule has 9 nitrogen and oxygen atoms in total. The Hall–Kier alpha value is -3.37. The molecular weight excluding hydrogens is 726 g/mol. The summed E-state index contributed by atoms with van der Waals surface area (Å²) in [5.41, 5.74) is 3.23. The highest BCUT2D eigenvalue weighted by atomic mass is 35.5. The lowest BCUT2D eigenvalue weighted by Gasteiger charge is -2.39. The first-order valence-electron chi connectivity index (χ1n) is 17.5. The normalized spacial score (nSPS) is 22.3. The highest BCUT2D eigenvalue weighted by Crippen LogP contribution is 2.54. The van der Waals surface area contributed by atoms with Crippen molar-refractivity contribution in [2.45, 2.75) is 76.1 Å². The molecule has 13 heteroatoms. The van der Waals surface area contributed by atoms with Crippen LogP contribution in [-0.4, -0.2) is 62.3 Å². The zero-order valence-corrected chi connectivity index (χ0v) is 31.2. The number of halogens is 4. The van der Waals surface area contributed by atoms with E-state index in [1.165, 1.54) is 7.11 Å². The van der Waals surface area contributed by atoms with E-state index in [9.17, 15) is 15.5 Å². The maximum absolute atomic E-state index is 17.6. The SMILES string of the molecule is COC(O)N1CCC[C@@H]1c1c(Cl)c2c(-c3ccc(C(C)(C)O)nc3)nc3c(F)c(-c4cccc(Cl)c4Cl)c(CCC#N)cc3c2n1[C@H]1[C@H]2CN[C@@H]1C2. The van der Waals surface area contributed by atoms with Gasteiger partial charge in [0.25, 0.3) is 0 Å². The van der Waals surface area contributed by atoms with Crippen molar-refractivity contribution < 1.29 is 19.3 Å². The highest BCUT2D eigenvalue weighted by molar-refractivity contribution is 6.44. The van der Waals surface area contributed by atoms with E-state index < -0.39 is 17.8 Å². The number of benzene rings is 2. The molecule has 0 amide bonds. The quantitative estimate of drug-likeness (QED) is 0.128. The van der Waals surface area contributed by atoms with Crippen LogP contribution in [0.3, 0.4) is 0 Å². The molecule has 3 aromatic heterocycles. The zero-order chi connectivity index (χ0) is 36.6. The van der Waals surface area contributed by atoms with Crippen LogP contribution >= 0.6 is 34.8 Å². The van der Waals surface area contributed by atoms with E-state index in [1.54, 1.807) is 44.3 Å². The number of likely N-dealkylation sites (tertiary alicyclic amines) is 1. The fourth-order valence-electron chi connectivity index (χ4n) is 8.63. The number of aliphatic hydroxyl groups excluding tert-OH is 1. The van der Waals surface area contributed by atoms with Gasteiger partial charge in [0.1, 0.15) is 11.1 Å². The van der Waals surface area contributed by atoms with Gasteiger partial charge in [0.05, 0.1) is 55.8 Å². The number of fused-ring (bicyclic) bond motifs is 4. The summed E-state index contributed by atoms with van der Waals surface area (Å²) in [4.78, 5) is 11.6. The van der Waals surface area contributed by atoms with Crippen LogP contribution < -0.4 is 5.32 Å². The number of aromatic nitrogens is 3. The summed E-state index contributed by atoms with van der Waals surface area (Å²) in [6.45, 7) is 4.78. The van der Waals surface area contributed by atoms with E-state index >= 15 is 4.39 Å². The van der Waals surface area contributed by atoms with Crippen LogP contribution in [0.5, 0.6) is 0 Å². The van der Waals surface area contributed by atoms with E-state index in [-0.39, 0.29) is 52.1 Å². The summed E-state index contributed by atoms with van der Waals surface area (Å²) in [5.74, 6) is -0.263. The molecule has 4 fully saturated rings. The monoisotopic (exact) mass is 762 g/mol. The van der Waals surface area contributed by atoms with E-state index in [0.717, 1.165) is 37.0 Å². The van der Waals surface area contributed by atoms with Crippen LogP contribution in [0, 0.1) is 23.1 Å². The van der Waals surface area contributed by atoms with Gasteiger partial charge < -0.3 is 24.8 Å². The van der Waals surface area contributed by atoms with Crippen molar-refractivity contribution in [2.24, 2.45) is 5.92 Å². The summed E-state index contributed by atoms with van der Waals surface area (Å²) in [6, 6.07) is 12.7. The molecular formula is C39H38Cl3FN6O3. The molecule has 2 bridgehead atoms. The number of nitrogens with one attached hydrogen (secondary N) is 1. The number of hydrogen-bond donors (Lipinski definition) is 3. The summed E-state index contributed by atoms with van der Waals surface area (Å²) in [7, 11) is 1.47. The van der Waals surface area contributed by atoms with Crippen molar-refractivity contribution >= 4 is 56.6 Å². The molecule has 5 aromatic rings. The second-order valence-electron chi connectivity index (χ2n) is 14.6. The molecule has 2 aromatic carbocycles. The van der Waals surface area contributed by atoms with Crippen LogP contribution in [0.4, 0.5) is 4.39 Å². The van der Waals surface area contributed by atoms with Gasteiger partial charge in [0, 0.05) is 66.3 Å². The number of hydrogen-bond acceptors (Lipinski definition) is 8. The van der Waals surface area contributed by atoms with Gasteiger partial charge in [-0.3, -0.25) is 4.98 Å². The Labute approximate surface area is 315 Å². The minimum Gasteiger partial charge on any atom is -0.384 e. The van der Waals surface area contributed by atoms with Gasteiger partial charge in [-0.2, -0.15) is 5.26 Å². The first-order chi connectivity index (χ1) is 24.9. The van der Waals surface area contributed by atoms with E-state index in [0.29, 0.717) is 56.3 Å². The molecule has 0 radical (unpaired) electrons. The summed E-state index contributed by atoms with van der Waals surface area (Å²) in [5, 5.41) is 37.2. The number of methoxy groups -OCH3 is 1. The van der Waals surface area contributed by atoms with Gasteiger partial charge in [-0.15, -0.1) is 0 Å². The molecule has 270 valence electrons. The third-order valence-electron chi connectivity index (χ3n) is 11.1. The fourth-order valence-corrected chi connectivity index (χ4v) is 9.42. The summed E-state index contributed by atoms with van der Waals surface area (Å²) >= 11 is 20.8. The van der Waals surface area contributed by atoms with Gasteiger partial charge in [0.15, 0.2) is 5.82 Å². The Bertz CT molecular complexity index is 2250. The Kier molecular flexibility index (Phi) is 9.25. The molecule has 6 heterocycles. The molecule has 5 atom stereocenters. The maximum Gasteiger partial charge on any atom is 0.216 e. The predicted molar refractivity (Wildman–Crippen MR) is 201 cm³/mol. The first-order valence-corrected chi connectivity index (χ1v) is 18.7. The minimum atomic E-state index is -1.18. The average molecular weight is 764 g/mol. The molecule has 1 unspecified atom stereocenters. The molecule has 1 aliphatic carbocycles. The number of aliphatic hydroxyl groups is 2. The second-order valence-corrected chi connectivity index (χ2v) is 15.7. The van der Waals surface area contributed by atoms with Crippen molar-refractivity contribution in [3.8, 4) is 28.5 Å². The van der Waals surface area contributed by atoms with Crippen molar-refractivity contribution in [1.82, 2.24) is 24.8 Å². The smallest absolute Gasteiger partial charge is 0.216 e. The summed E-state index contributed by atoms with van der Waals surface area (Å²) < 4.78 is 25.3. The molecule has 1 saturated carbocycles. The minimum absolute atomic E-state index is 0.0222. The van der Waals surface area contributed by atoms with Crippen molar-refractivity contribution in [3.05, 3.63) is 80.4 Å². The van der Waals surface area contributed by atoms with Crippen LogP contribution in [0.25, 0.3) is 44.2 Å². The lowest BCUT2D eigenvalue weighted by Crippen LogP contribution is -2.42. The van der Waals surface area contributed by atoms with E-state index in [4.69, 9.17) is 44.5 Å². The topological polar surface area (TPSA) is 119 Å². The maximum atomic E-state index is 17.6. The van der Waals surface area contributed by atoms with Gasteiger partial charge in [-0.25, -0.2) is 14.3 Å². The first kappa shape index (κ1) is 35.6. The number of nitriles is 1. The number of ether oxygens (including phenoxy) is 1. The highest BCUT2D eigenvalue weighted by Gasteiger charge is 2.51. The Morgan fingerprint density at radius 1 is 1.19 bits per heavy atom. The number of pyridine rings is 2. The molecule has 3 saturated heterocycles. The fraction of sp³-hybridized carbons (Fsp3) is 0.410. The van der Waals surface area contributed by atoms with E-state index in [2.05, 4.69) is 20.9 Å². The number of aryl methyl sites for hydroxylation is 1. The Balaban J connectivity index is 1.52. The predicted octanol–water partition coefficient (Wildman–Crippen LogP) is 8.29. The van der Waals surface area contributed by atoms with Gasteiger partial charge in [-0.1, -0.05) is 46.9 Å². The van der Waals surface area contributed by atoms with Gasteiger partial charge in [0.2, 0.25) is 6.41 Å². The molecule has 9 rings (SSSR count). The number of nitrogens with zero attached hydrogens (tertiary/aromatic N) is 5. The third kappa shape index (κ3) is 5.60. The molecule has 52 heavy (non-hydrogen) atoms. The molecule has 3 N–H and O–H groups in total. The Morgan fingerprint density at radius 2 is 2.00 bits per heavy atom. The van der Waals surface area contributed by atoms with Crippen LogP contribution in [0.2, 0.25) is 15.1 Å². The van der Waals surface area contributed by atoms with Crippen LogP contribution in [0.1, 0.15) is 68.6 Å². The second kappa shape index (κ2) is 13.5. The van der Waals surface area contributed by atoms with E-state index in [1.807, 2.05) is 17.0 Å².